The minimum Gasteiger partial charge on any atom is -0.450 e. The highest BCUT2D eigenvalue weighted by molar-refractivity contribution is 6.07. The number of alkyl halides is 3. The molecule has 2 N–H and O–H groups in total. The number of amides is 1. The summed E-state index contributed by atoms with van der Waals surface area (Å²) in [5.74, 6) is -0.845. The van der Waals surface area contributed by atoms with Crippen molar-refractivity contribution in [3.63, 3.8) is 0 Å². The van der Waals surface area contributed by atoms with Crippen LogP contribution in [0.3, 0.4) is 0 Å². The summed E-state index contributed by atoms with van der Waals surface area (Å²) in [4.78, 5) is 27.8. The Morgan fingerprint density at radius 3 is 2.47 bits per heavy atom. The average molecular weight is 502 g/mol. The van der Waals surface area contributed by atoms with Crippen molar-refractivity contribution < 1.29 is 27.5 Å². The van der Waals surface area contributed by atoms with Gasteiger partial charge in [0, 0.05) is 56.8 Å². The highest BCUT2D eigenvalue weighted by Crippen LogP contribution is 2.41. The molecule has 1 saturated heterocycles. The molecule has 192 valence electrons. The van der Waals surface area contributed by atoms with Gasteiger partial charge in [-0.2, -0.15) is 13.2 Å². The highest BCUT2D eigenvalue weighted by Gasteiger charge is 2.50. The standard InChI is InChI=1S/C27H30F3N3O3/c1-19-23(24(34)32-14-13-31-22-9-5-8-21(18-22)27(28,29)30)26(36-25(19)35)11-16-33(17-12-26)15-10-20-6-3-2-4-7-20/h2-9,18,31H,10-17H2,1H3,(H,32,34). The Hall–Kier alpha value is -3.33. The Kier molecular flexibility index (Phi) is 7.68. The largest absolute Gasteiger partial charge is 0.450 e. The lowest BCUT2D eigenvalue weighted by atomic mass is 9.82. The van der Waals surface area contributed by atoms with Crippen molar-refractivity contribution in [3.8, 4) is 0 Å². The summed E-state index contributed by atoms with van der Waals surface area (Å²) in [5.41, 5.74) is 0.595. The smallest absolute Gasteiger partial charge is 0.416 e. The molecule has 6 nitrogen and oxygen atoms in total. The molecule has 0 radical (unpaired) electrons. The van der Waals surface area contributed by atoms with E-state index in [2.05, 4.69) is 27.7 Å². The van der Waals surface area contributed by atoms with Crippen LogP contribution in [0.2, 0.25) is 0 Å². The topological polar surface area (TPSA) is 70.7 Å². The molecule has 0 atom stereocenters. The maximum Gasteiger partial charge on any atom is 0.416 e. The van der Waals surface area contributed by atoms with Crippen LogP contribution in [0.1, 0.15) is 30.9 Å². The van der Waals surface area contributed by atoms with Crippen LogP contribution in [0.5, 0.6) is 0 Å². The normalized spacial score (nSPS) is 17.8. The van der Waals surface area contributed by atoms with Crippen molar-refractivity contribution in [1.82, 2.24) is 10.2 Å². The molecule has 0 aliphatic carbocycles. The van der Waals surface area contributed by atoms with Crippen LogP contribution in [-0.4, -0.2) is 55.1 Å². The van der Waals surface area contributed by atoms with E-state index in [9.17, 15) is 22.8 Å². The van der Waals surface area contributed by atoms with Crippen molar-refractivity contribution in [2.75, 3.05) is 38.0 Å². The van der Waals surface area contributed by atoms with Gasteiger partial charge in [0.25, 0.3) is 5.91 Å². The summed E-state index contributed by atoms with van der Waals surface area (Å²) in [7, 11) is 0. The lowest BCUT2D eigenvalue weighted by Crippen LogP contribution is -2.49. The van der Waals surface area contributed by atoms with Gasteiger partial charge in [-0.05, 0) is 37.1 Å². The first-order valence-electron chi connectivity index (χ1n) is 12.1. The molecule has 0 unspecified atom stereocenters. The summed E-state index contributed by atoms with van der Waals surface area (Å²) in [6.07, 6.45) is -2.42. The average Bonchev–Trinajstić information content (AvgIpc) is 3.10. The van der Waals surface area contributed by atoms with Crippen LogP contribution in [0.4, 0.5) is 18.9 Å². The van der Waals surface area contributed by atoms with Crippen LogP contribution >= 0.6 is 0 Å². The Balaban J connectivity index is 1.30. The van der Waals surface area contributed by atoms with E-state index in [4.69, 9.17) is 4.74 Å². The molecule has 0 aromatic heterocycles. The number of likely N-dealkylation sites (tertiary alicyclic amines) is 1. The van der Waals surface area contributed by atoms with E-state index in [1.54, 1.807) is 6.92 Å². The van der Waals surface area contributed by atoms with Gasteiger partial charge in [-0.25, -0.2) is 4.79 Å². The second-order valence-electron chi connectivity index (χ2n) is 9.22. The molecular formula is C27H30F3N3O3. The van der Waals surface area contributed by atoms with E-state index in [1.807, 2.05) is 18.2 Å². The number of halogens is 3. The van der Waals surface area contributed by atoms with Crippen LogP contribution in [0.15, 0.2) is 65.7 Å². The Bertz CT molecular complexity index is 1120. The number of nitrogens with one attached hydrogen (secondary N) is 2. The molecule has 2 aromatic carbocycles. The molecule has 4 rings (SSSR count). The summed E-state index contributed by atoms with van der Waals surface area (Å²) in [6.45, 7) is 4.32. The number of benzene rings is 2. The highest BCUT2D eigenvalue weighted by atomic mass is 19.4. The van der Waals surface area contributed by atoms with Gasteiger partial charge in [-0.1, -0.05) is 36.4 Å². The van der Waals surface area contributed by atoms with E-state index >= 15 is 0 Å². The second kappa shape index (κ2) is 10.7. The Labute approximate surface area is 208 Å². The van der Waals surface area contributed by atoms with Crippen molar-refractivity contribution in [1.29, 1.82) is 0 Å². The number of rotatable bonds is 8. The van der Waals surface area contributed by atoms with E-state index < -0.39 is 23.3 Å². The molecule has 1 amide bonds. The maximum absolute atomic E-state index is 13.1. The van der Waals surface area contributed by atoms with Gasteiger partial charge in [0.1, 0.15) is 5.60 Å². The number of hydrogen-bond donors (Lipinski definition) is 2. The second-order valence-corrected chi connectivity index (χ2v) is 9.22. The quantitative estimate of drug-likeness (QED) is 0.420. The number of piperidine rings is 1. The molecule has 1 fully saturated rings. The van der Waals surface area contributed by atoms with Crippen LogP contribution in [0, 0.1) is 0 Å². The molecule has 0 bridgehead atoms. The van der Waals surface area contributed by atoms with Gasteiger partial charge in [-0.15, -0.1) is 0 Å². The molecule has 36 heavy (non-hydrogen) atoms. The van der Waals surface area contributed by atoms with Crippen molar-refractivity contribution in [2.45, 2.75) is 38.0 Å². The first kappa shape index (κ1) is 25.8. The summed E-state index contributed by atoms with van der Waals surface area (Å²) in [5, 5.41) is 5.68. The molecule has 2 aliphatic rings. The Morgan fingerprint density at radius 2 is 1.78 bits per heavy atom. The SMILES string of the molecule is CC1=C(C(=O)NCCNc2cccc(C(F)(F)F)c2)C2(CCN(CCc3ccccc3)CC2)OC1=O. The third kappa shape index (κ3) is 5.90. The summed E-state index contributed by atoms with van der Waals surface area (Å²) >= 11 is 0. The van der Waals surface area contributed by atoms with E-state index in [0.717, 1.165) is 25.1 Å². The fourth-order valence-corrected chi connectivity index (χ4v) is 4.82. The van der Waals surface area contributed by atoms with Gasteiger partial charge in [0.2, 0.25) is 0 Å². The Morgan fingerprint density at radius 1 is 1.06 bits per heavy atom. The predicted octanol–water partition coefficient (Wildman–Crippen LogP) is 4.18. The van der Waals surface area contributed by atoms with Gasteiger partial charge >= 0.3 is 12.1 Å². The van der Waals surface area contributed by atoms with Crippen LogP contribution in [0.25, 0.3) is 0 Å². The molecular weight excluding hydrogens is 471 g/mol. The van der Waals surface area contributed by atoms with Gasteiger partial charge in [0.15, 0.2) is 0 Å². The first-order valence-corrected chi connectivity index (χ1v) is 12.1. The lowest BCUT2D eigenvalue weighted by molar-refractivity contribution is -0.150. The van der Waals surface area contributed by atoms with E-state index in [0.29, 0.717) is 42.8 Å². The van der Waals surface area contributed by atoms with Crippen LogP contribution < -0.4 is 10.6 Å². The number of hydrogen-bond acceptors (Lipinski definition) is 5. The maximum atomic E-state index is 13.1. The van der Waals surface area contributed by atoms with Gasteiger partial charge < -0.3 is 20.3 Å². The zero-order chi connectivity index (χ0) is 25.8. The van der Waals surface area contributed by atoms with E-state index in [-0.39, 0.29) is 19.0 Å². The molecule has 2 aromatic rings. The molecule has 2 heterocycles. The molecule has 0 saturated carbocycles. The fourth-order valence-electron chi connectivity index (χ4n) is 4.82. The fraction of sp³-hybridized carbons (Fsp3) is 0.407. The number of carbonyl (C=O) groups excluding carboxylic acids is 2. The lowest BCUT2D eigenvalue weighted by Gasteiger charge is -2.39. The number of anilines is 1. The van der Waals surface area contributed by atoms with Crippen molar-refractivity contribution in [2.24, 2.45) is 0 Å². The summed E-state index contributed by atoms with van der Waals surface area (Å²) < 4.78 is 44.4. The molecule has 2 aliphatic heterocycles. The minimum atomic E-state index is -4.42. The monoisotopic (exact) mass is 501 g/mol. The van der Waals surface area contributed by atoms with Crippen LogP contribution in [-0.2, 0) is 26.9 Å². The van der Waals surface area contributed by atoms with E-state index in [1.165, 1.54) is 17.7 Å². The number of nitrogens with zero attached hydrogens (tertiary/aromatic N) is 1. The number of carbonyl (C=O) groups is 2. The number of ether oxygens (including phenoxy) is 1. The third-order valence-corrected chi connectivity index (χ3v) is 6.80. The van der Waals surface area contributed by atoms with Gasteiger partial charge in [0.05, 0.1) is 11.1 Å². The molecule has 1 spiro atoms. The van der Waals surface area contributed by atoms with Gasteiger partial charge in [-0.3, -0.25) is 4.79 Å². The predicted molar refractivity (Wildman–Crippen MR) is 130 cm³/mol. The minimum absolute atomic E-state index is 0.180. The first-order chi connectivity index (χ1) is 17.2. The zero-order valence-corrected chi connectivity index (χ0v) is 20.2. The molecule has 9 heteroatoms. The van der Waals surface area contributed by atoms with Crippen molar-refractivity contribution in [3.05, 3.63) is 76.9 Å². The third-order valence-electron chi connectivity index (χ3n) is 6.80. The van der Waals surface area contributed by atoms with Crippen molar-refractivity contribution >= 4 is 17.6 Å². The number of esters is 1. The summed E-state index contributed by atoms with van der Waals surface area (Å²) in [6, 6.07) is 15.1. The zero-order valence-electron chi connectivity index (χ0n) is 20.2.